The van der Waals surface area contributed by atoms with E-state index < -0.39 is 29.5 Å². The summed E-state index contributed by atoms with van der Waals surface area (Å²) in [6, 6.07) is 4.29. The first-order valence-corrected chi connectivity index (χ1v) is 20.8. The van der Waals surface area contributed by atoms with Crippen LogP contribution in [0.4, 0.5) is 5.69 Å². The first kappa shape index (κ1) is 35.9. The van der Waals surface area contributed by atoms with E-state index in [0.717, 1.165) is 124 Å². The van der Waals surface area contributed by atoms with Crippen molar-refractivity contribution < 1.29 is 33.9 Å². The summed E-state index contributed by atoms with van der Waals surface area (Å²) in [6.45, 7) is 3.87. The van der Waals surface area contributed by atoms with E-state index in [-0.39, 0.29) is 43.9 Å². The fraction of sp³-hybridized carbons (Fsp3) is 0.425. The molecule has 3 aromatic carbocycles. The number of amides is 2. The fourth-order valence-corrected chi connectivity index (χ4v) is 11.2. The normalized spacial score (nSPS) is 18.6. The summed E-state index contributed by atoms with van der Waals surface area (Å²) in [5.41, 5.74) is 6.91. The molecule has 0 N–H and O–H groups in total. The molecule has 1 saturated heterocycles. The lowest BCUT2D eigenvalue weighted by molar-refractivity contribution is -0.255. The maximum Gasteiger partial charge on any atom is 0.343 e. The number of hydrogen-bond acceptors (Lipinski definition) is 9. The molecular formula is C40H36Cl3N3O7S. The molecule has 280 valence electrons. The maximum atomic E-state index is 13.2. The van der Waals surface area contributed by atoms with Crippen LogP contribution in [0.25, 0.3) is 5.57 Å². The molecule has 0 bridgehead atoms. The van der Waals surface area contributed by atoms with Gasteiger partial charge in [-0.15, -0.1) is 16.8 Å². The second kappa shape index (κ2) is 14.1. The quantitative estimate of drug-likeness (QED) is 0.116. The number of carbonyl (C=O) groups excluding carboxylic acids is 4. The third-order valence-corrected chi connectivity index (χ3v) is 14.0. The van der Waals surface area contributed by atoms with Gasteiger partial charge in [-0.2, -0.15) is 0 Å². The molecule has 10 nitrogen and oxygen atoms in total. The highest BCUT2D eigenvalue weighted by Crippen LogP contribution is 2.52. The molecule has 0 aliphatic carbocycles. The standard InChI is InChI=1S/C40H36Cl3N3O7S/c41-32-31(40(50)51)30(33(42)39(34(32)43)54-19-28(49)53-46-26(47)11-12-27(46)48)29-24-17-20-7-1-3-13-44-15-5-9-22(35(20)44)37(24)52-38-23-10-6-16-45-14-4-2-8-21(36(23)45)18-25(29)38/h17-18H,1-16,19H2. The number of thioether (sulfide) groups is 1. The number of rotatable bonds is 6. The van der Waals surface area contributed by atoms with Crippen molar-refractivity contribution in [1.82, 2.24) is 9.64 Å². The van der Waals surface area contributed by atoms with E-state index in [0.29, 0.717) is 22.1 Å². The zero-order chi connectivity index (χ0) is 37.4. The predicted molar refractivity (Wildman–Crippen MR) is 203 cm³/mol. The lowest BCUT2D eigenvalue weighted by Crippen LogP contribution is -2.41. The van der Waals surface area contributed by atoms with E-state index in [1.54, 1.807) is 0 Å². The van der Waals surface area contributed by atoms with E-state index in [1.165, 1.54) is 22.2 Å². The first-order valence-electron chi connectivity index (χ1n) is 18.7. The number of aromatic carboxylic acids is 1. The van der Waals surface area contributed by atoms with E-state index >= 15 is 0 Å². The maximum absolute atomic E-state index is 13.2. The number of carboxylic acids is 1. The van der Waals surface area contributed by atoms with Crippen LogP contribution in [0.15, 0.2) is 17.0 Å². The van der Waals surface area contributed by atoms with Crippen LogP contribution in [-0.2, 0) is 44.9 Å². The highest BCUT2D eigenvalue weighted by molar-refractivity contribution is 8.00. The van der Waals surface area contributed by atoms with Crippen molar-refractivity contribution in [3.63, 3.8) is 0 Å². The van der Waals surface area contributed by atoms with Gasteiger partial charge in [0, 0.05) is 88.0 Å². The largest absolute Gasteiger partial charge is 0.545 e. The number of hydrogen-bond donors (Lipinski definition) is 0. The zero-order valence-corrected chi connectivity index (χ0v) is 32.5. The number of aryl methyl sites for hydroxylation is 2. The van der Waals surface area contributed by atoms with Crippen LogP contribution in [0.3, 0.4) is 0 Å². The van der Waals surface area contributed by atoms with Gasteiger partial charge in [-0.05, 0) is 69.1 Å². The average Bonchev–Trinajstić information content (AvgIpc) is 3.31. The van der Waals surface area contributed by atoms with Gasteiger partial charge in [0.05, 0.1) is 32.4 Å². The van der Waals surface area contributed by atoms with Gasteiger partial charge >= 0.3 is 5.97 Å². The number of nitrogens with zero attached hydrogens (tertiary/aromatic N) is 3. The Bertz CT molecular complexity index is 2350. The molecule has 1 fully saturated rings. The Labute approximate surface area is 330 Å². The van der Waals surface area contributed by atoms with Crippen LogP contribution < -0.4 is 29.9 Å². The molecule has 6 aliphatic rings. The van der Waals surface area contributed by atoms with Crippen LogP contribution in [0.1, 0.15) is 95.1 Å². The van der Waals surface area contributed by atoms with Crippen molar-refractivity contribution in [2.75, 3.05) is 36.8 Å². The van der Waals surface area contributed by atoms with Crippen molar-refractivity contribution in [3.05, 3.63) is 76.7 Å². The molecule has 0 atom stereocenters. The highest BCUT2D eigenvalue weighted by atomic mass is 35.5. The number of carboxylic acid groups (broad SMARTS) is 1. The predicted octanol–water partition coefficient (Wildman–Crippen LogP) is 4.93. The molecule has 0 saturated carbocycles. The van der Waals surface area contributed by atoms with Gasteiger partial charge in [0.2, 0.25) is 5.36 Å². The number of ether oxygens (including phenoxy) is 1. The second-order valence-corrected chi connectivity index (χ2v) is 16.8. The van der Waals surface area contributed by atoms with Crippen molar-refractivity contribution in [2.45, 2.75) is 81.9 Å². The van der Waals surface area contributed by atoms with Gasteiger partial charge in [0.25, 0.3) is 11.8 Å². The summed E-state index contributed by atoms with van der Waals surface area (Å²) in [5, 5.41) is 15.2. The summed E-state index contributed by atoms with van der Waals surface area (Å²) in [4.78, 5) is 58.1. The highest BCUT2D eigenvalue weighted by Gasteiger charge is 2.38. The number of halogens is 3. The summed E-state index contributed by atoms with van der Waals surface area (Å²) in [6.07, 6.45) is 9.36. The van der Waals surface area contributed by atoms with Gasteiger partial charge < -0.3 is 24.4 Å². The van der Waals surface area contributed by atoms with Crippen LogP contribution in [-0.4, -0.2) is 60.7 Å². The summed E-state index contributed by atoms with van der Waals surface area (Å²) in [7, 11) is 0. The fourth-order valence-electron chi connectivity index (χ4n) is 9.21. The Morgan fingerprint density at radius 1 is 0.815 bits per heavy atom. The molecule has 0 radical (unpaired) electrons. The van der Waals surface area contributed by atoms with E-state index in [1.807, 2.05) is 0 Å². The molecule has 6 heterocycles. The van der Waals surface area contributed by atoms with Gasteiger partial charge in [0.15, 0.2) is 0 Å². The second-order valence-electron chi connectivity index (χ2n) is 14.7. The number of anilines is 1. The lowest BCUT2D eigenvalue weighted by atomic mass is 9.83. The number of fused-ring (bicyclic) bond motifs is 4. The lowest BCUT2D eigenvalue weighted by Gasteiger charge is -2.36. The molecule has 6 aliphatic heterocycles. The minimum Gasteiger partial charge on any atom is -0.545 e. The molecule has 2 amide bonds. The van der Waals surface area contributed by atoms with Crippen molar-refractivity contribution in [2.24, 2.45) is 0 Å². The van der Waals surface area contributed by atoms with Gasteiger partial charge in [0.1, 0.15) is 24.6 Å². The molecule has 9 rings (SSSR count). The molecule has 0 spiro atoms. The Hall–Kier alpha value is -3.77. The van der Waals surface area contributed by atoms with Gasteiger partial charge in [-0.25, -0.2) is 9.37 Å². The van der Waals surface area contributed by atoms with E-state index in [2.05, 4.69) is 21.6 Å². The van der Waals surface area contributed by atoms with Crippen molar-refractivity contribution in [3.8, 4) is 11.5 Å². The molecule has 0 aromatic heterocycles. The Morgan fingerprint density at radius 2 is 1.54 bits per heavy atom. The smallest absolute Gasteiger partial charge is 0.343 e. The monoisotopic (exact) mass is 807 g/mol. The molecule has 0 unspecified atom stereocenters. The third kappa shape index (κ3) is 5.80. The summed E-state index contributed by atoms with van der Waals surface area (Å²) in [5.74, 6) is -2.64. The number of carbonyl (C=O) groups is 4. The SMILES string of the molecule is O=C(CSc1c(Cl)c(Cl)c(C(=O)[O-])c(C2=c3cc4c5c(c3Oc3c2cc2c6c3CCCN6CCCC2)CCC[N+]=5CCCC4)c1Cl)ON1C(=O)CCC1=O. The molecule has 14 heteroatoms. The number of imide groups is 1. The molecule has 3 aromatic rings. The summed E-state index contributed by atoms with van der Waals surface area (Å²) < 4.78 is 9.64. The van der Waals surface area contributed by atoms with Crippen LogP contribution >= 0.6 is 46.6 Å². The number of hydroxylamine groups is 2. The summed E-state index contributed by atoms with van der Waals surface area (Å²) >= 11 is 21.9. The van der Waals surface area contributed by atoms with E-state index in [9.17, 15) is 24.3 Å². The minimum atomic E-state index is -1.55. The zero-order valence-electron chi connectivity index (χ0n) is 29.4. The first-order chi connectivity index (χ1) is 26.1. The topological polar surface area (TPSA) is 119 Å². The van der Waals surface area contributed by atoms with Gasteiger partial charge in [-0.1, -0.05) is 34.8 Å². The van der Waals surface area contributed by atoms with Crippen LogP contribution in [0, 0.1) is 0 Å². The number of benzene rings is 3. The van der Waals surface area contributed by atoms with Crippen molar-refractivity contribution in [1.29, 1.82) is 0 Å². The van der Waals surface area contributed by atoms with Crippen LogP contribution in [0.5, 0.6) is 11.5 Å². The Balaban J connectivity index is 1.31. The van der Waals surface area contributed by atoms with Crippen LogP contribution in [0.2, 0.25) is 15.1 Å². The average molecular weight is 809 g/mol. The third-order valence-electron chi connectivity index (χ3n) is 11.5. The molecular weight excluding hydrogens is 773 g/mol. The van der Waals surface area contributed by atoms with Crippen molar-refractivity contribution >= 4 is 81.6 Å². The minimum absolute atomic E-state index is 0.0149. The Kier molecular flexibility index (Phi) is 9.35. The van der Waals surface area contributed by atoms with Gasteiger partial charge in [-0.3, -0.25) is 9.59 Å². The molecule has 54 heavy (non-hydrogen) atoms. The Morgan fingerprint density at radius 3 is 2.33 bits per heavy atom. The van der Waals surface area contributed by atoms with E-state index in [4.69, 9.17) is 44.4 Å².